The molecular weight excluding hydrogens is 373 g/mol. The molecule has 3 rings (SSSR count). The highest BCUT2D eigenvalue weighted by Crippen LogP contribution is 2.26. The van der Waals surface area contributed by atoms with Gasteiger partial charge in [0.1, 0.15) is 5.75 Å². The fourth-order valence-corrected chi connectivity index (χ4v) is 3.19. The van der Waals surface area contributed by atoms with Crippen molar-refractivity contribution in [1.29, 1.82) is 0 Å². The molecule has 0 heterocycles. The van der Waals surface area contributed by atoms with Gasteiger partial charge in [-0.3, -0.25) is 9.59 Å². The van der Waals surface area contributed by atoms with Gasteiger partial charge in [-0.2, -0.15) is 0 Å². The minimum absolute atomic E-state index is 0.287. The Kier molecular flexibility index (Phi) is 7.44. The molecule has 0 spiro atoms. The van der Waals surface area contributed by atoms with Crippen LogP contribution in [0.3, 0.4) is 0 Å². The molecule has 5 heteroatoms. The van der Waals surface area contributed by atoms with E-state index in [9.17, 15) is 9.59 Å². The Bertz CT molecular complexity index is 1020. The molecule has 0 radical (unpaired) electrons. The van der Waals surface area contributed by atoms with Crippen LogP contribution in [0, 0.1) is 0 Å². The summed E-state index contributed by atoms with van der Waals surface area (Å²) in [5, 5.41) is 2.92. The number of benzene rings is 3. The van der Waals surface area contributed by atoms with Crippen LogP contribution in [0.2, 0.25) is 6.82 Å². The Balaban J connectivity index is 1.92. The predicted molar refractivity (Wildman–Crippen MR) is 125 cm³/mol. The van der Waals surface area contributed by atoms with Gasteiger partial charge in [0, 0.05) is 5.56 Å². The third-order valence-corrected chi connectivity index (χ3v) is 4.99. The average Bonchev–Trinajstić information content (AvgIpc) is 2.80. The number of hydrogen-bond acceptors (Lipinski definition) is 3. The molecule has 30 heavy (non-hydrogen) atoms. The first-order chi connectivity index (χ1) is 14.7. The van der Waals surface area contributed by atoms with Crippen molar-refractivity contribution >= 4 is 30.6 Å². The summed E-state index contributed by atoms with van der Waals surface area (Å²) in [4.78, 5) is 24.7. The zero-order chi connectivity index (χ0) is 21.3. The van der Waals surface area contributed by atoms with Crippen LogP contribution < -0.4 is 15.5 Å². The summed E-state index contributed by atoms with van der Waals surface area (Å²) < 4.78 is 5.86. The van der Waals surface area contributed by atoms with E-state index in [0.717, 1.165) is 43.0 Å². The molecule has 0 fully saturated rings. The van der Waals surface area contributed by atoms with Crippen LogP contribution in [0.1, 0.15) is 40.5 Å². The molecule has 0 saturated carbocycles. The molecule has 3 aromatic rings. The van der Waals surface area contributed by atoms with E-state index in [4.69, 9.17) is 4.74 Å². The van der Waals surface area contributed by atoms with Crippen LogP contribution in [0.15, 0.2) is 66.7 Å². The molecule has 0 saturated heterocycles. The van der Waals surface area contributed by atoms with Crippen LogP contribution in [0.4, 0.5) is 5.69 Å². The monoisotopic (exact) mass is 399 g/mol. The molecule has 0 unspecified atom stereocenters. The lowest BCUT2D eigenvalue weighted by atomic mass is 9.73. The summed E-state index contributed by atoms with van der Waals surface area (Å²) in [5.41, 5.74) is 4.39. The lowest BCUT2D eigenvalue weighted by Crippen LogP contribution is -2.19. The van der Waals surface area contributed by atoms with Gasteiger partial charge in [-0.25, -0.2) is 0 Å². The van der Waals surface area contributed by atoms with E-state index in [1.54, 1.807) is 6.07 Å². The highest BCUT2D eigenvalue weighted by atomic mass is 16.5. The van der Waals surface area contributed by atoms with Crippen LogP contribution >= 0.6 is 0 Å². The van der Waals surface area contributed by atoms with E-state index in [1.807, 2.05) is 67.5 Å². The second-order valence-electron chi connectivity index (χ2n) is 7.13. The van der Waals surface area contributed by atoms with Crippen LogP contribution in [0.5, 0.6) is 5.75 Å². The summed E-state index contributed by atoms with van der Waals surface area (Å²) in [6.07, 6.45) is 2.69. The lowest BCUT2D eigenvalue weighted by Gasteiger charge is -2.14. The maximum atomic E-state index is 13.1. The lowest BCUT2D eigenvalue weighted by molar-refractivity contribution is 0.102. The Morgan fingerprint density at radius 3 is 2.53 bits per heavy atom. The third-order valence-electron chi connectivity index (χ3n) is 4.99. The largest absolute Gasteiger partial charge is 0.493 e. The Labute approximate surface area is 178 Å². The van der Waals surface area contributed by atoms with Crippen molar-refractivity contribution < 1.29 is 14.3 Å². The first-order valence-corrected chi connectivity index (χ1v) is 10.4. The molecule has 0 aromatic heterocycles. The van der Waals surface area contributed by atoms with Gasteiger partial charge in [0.05, 0.1) is 17.9 Å². The Morgan fingerprint density at radius 2 is 1.83 bits per heavy atom. The summed E-state index contributed by atoms with van der Waals surface area (Å²) in [6, 6.07) is 21.0. The Morgan fingerprint density at radius 1 is 1.03 bits per heavy atom. The number of rotatable bonds is 9. The SMILES string of the molecule is CBc1ccc(OCCCC)c(C(=O)Nc2cc(-c3ccccc3)ccc2C=O)c1. The molecule has 152 valence electrons. The van der Waals surface area contributed by atoms with E-state index in [2.05, 4.69) is 12.2 Å². The van der Waals surface area contributed by atoms with Gasteiger partial charge in [0.25, 0.3) is 5.91 Å². The van der Waals surface area contributed by atoms with Crippen molar-refractivity contribution in [3.63, 3.8) is 0 Å². The third kappa shape index (κ3) is 5.17. The minimum Gasteiger partial charge on any atom is -0.493 e. The highest BCUT2D eigenvalue weighted by molar-refractivity contribution is 6.52. The number of aldehydes is 1. The number of carbonyl (C=O) groups excluding carboxylic acids is 2. The van der Waals surface area contributed by atoms with Gasteiger partial charge in [-0.05, 0) is 35.7 Å². The van der Waals surface area contributed by atoms with Crippen LogP contribution in [-0.2, 0) is 0 Å². The molecule has 0 aliphatic rings. The van der Waals surface area contributed by atoms with E-state index in [0.29, 0.717) is 29.2 Å². The van der Waals surface area contributed by atoms with Crippen molar-refractivity contribution in [3.05, 3.63) is 77.9 Å². The summed E-state index contributed by atoms with van der Waals surface area (Å²) >= 11 is 0. The van der Waals surface area contributed by atoms with Crippen molar-refractivity contribution in [2.24, 2.45) is 0 Å². The van der Waals surface area contributed by atoms with E-state index in [-0.39, 0.29) is 5.91 Å². The first-order valence-electron chi connectivity index (χ1n) is 10.4. The van der Waals surface area contributed by atoms with Crippen molar-refractivity contribution in [2.75, 3.05) is 11.9 Å². The number of carbonyl (C=O) groups is 2. The molecule has 0 atom stereocenters. The zero-order valence-electron chi connectivity index (χ0n) is 17.5. The molecule has 4 nitrogen and oxygen atoms in total. The molecule has 0 aliphatic carbocycles. The molecule has 3 aromatic carbocycles. The van der Waals surface area contributed by atoms with Gasteiger partial charge in [0.15, 0.2) is 13.6 Å². The van der Waals surface area contributed by atoms with Gasteiger partial charge in [0.2, 0.25) is 0 Å². The number of amides is 1. The number of nitrogens with one attached hydrogen (secondary N) is 1. The standard InChI is InChI=1S/C25H26BNO3/c1-3-4-14-30-24-13-12-21(26-2)16-22(24)25(29)27-23-15-19(10-11-20(23)17-28)18-8-6-5-7-9-18/h5-13,15-17,26H,3-4,14H2,1-2H3,(H,27,29). The quantitative estimate of drug-likeness (QED) is 0.322. The fourth-order valence-electron chi connectivity index (χ4n) is 3.19. The predicted octanol–water partition coefficient (Wildman–Crippen LogP) is 4.71. The molecule has 1 N–H and O–H groups in total. The normalized spacial score (nSPS) is 10.3. The first kappa shape index (κ1) is 21.4. The van der Waals surface area contributed by atoms with E-state index < -0.39 is 0 Å². The van der Waals surface area contributed by atoms with Gasteiger partial charge in [-0.1, -0.05) is 74.2 Å². The molecule has 0 aliphatic heterocycles. The minimum atomic E-state index is -0.287. The highest BCUT2D eigenvalue weighted by Gasteiger charge is 2.16. The maximum absolute atomic E-state index is 13.1. The number of anilines is 1. The van der Waals surface area contributed by atoms with Crippen LogP contribution in [-0.4, -0.2) is 26.1 Å². The Hall–Kier alpha value is -3.34. The smallest absolute Gasteiger partial charge is 0.259 e. The van der Waals surface area contributed by atoms with Crippen LogP contribution in [0.25, 0.3) is 11.1 Å². The molecule has 1 amide bonds. The fraction of sp³-hybridized carbons (Fsp3) is 0.200. The van der Waals surface area contributed by atoms with Crippen molar-refractivity contribution in [1.82, 2.24) is 0 Å². The summed E-state index contributed by atoms with van der Waals surface area (Å²) in [6.45, 7) is 4.70. The zero-order valence-corrected chi connectivity index (χ0v) is 17.5. The second-order valence-corrected chi connectivity index (χ2v) is 7.13. The molecular formula is C25H26BNO3. The van der Waals surface area contributed by atoms with Crippen molar-refractivity contribution in [2.45, 2.75) is 26.6 Å². The van der Waals surface area contributed by atoms with E-state index >= 15 is 0 Å². The topological polar surface area (TPSA) is 55.4 Å². The molecule has 0 bridgehead atoms. The van der Waals surface area contributed by atoms with E-state index in [1.165, 1.54) is 0 Å². The van der Waals surface area contributed by atoms with Gasteiger partial charge < -0.3 is 10.1 Å². The summed E-state index contributed by atoms with van der Waals surface area (Å²) in [7, 11) is 0.818. The van der Waals surface area contributed by atoms with Gasteiger partial charge in [-0.15, -0.1) is 0 Å². The number of unbranched alkanes of at least 4 members (excludes halogenated alkanes) is 1. The van der Waals surface area contributed by atoms with Crippen molar-refractivity contribution in [3.8, 4) is 16.9 Å². The summed E-state index contributed by atoms with van der Waals surface area (Å²) in [5.74, 6) is 0.273. The average molecular weight is 399 g/mol. The number of ether oxygens (including phenoxy) is 1. The second kappa shape index (κ2) is 10.4. The van der Waals surface area contributed by atoms with Gasteiger partial charge >= 0.3 is 0 Å². The maximum Gasteiger partial charge on any atom is 0.259 e. The number of hydrogen-bond donors (Lipinski definition) is 1.